The zero-order valence-electron chi connectivity index (χ0n) is 14.4. The Bertz CT molecular complexity index is 922. The maximum Gasteiger partial charge on any atom is 0.344 e. The van der Waals surface area contributed by atoms with Crippen molar-refractivity contribution in [2.24, 2.45) is 0 Å². The zero-order chi connectivity index (χ0) is 18.4. The first kappa shape index (κ1) is 17.5. The van der Waals surface area contributed by atoms with Crippen molar-refractivity contribution in [1.29, 1.82) is 0 Å². The Balaban J connectivity index is 1.72. The Morgan fingerprint density at radius 1 is 0.923 bits per heavy atom. The Morgan fingerprint density at radius 3 is 2.42 bits per heavy atom. The second-order valence-corrected chi connectivity index (χ2v) is 5.64. The molecule has 3 aromatic carbocycles. The van der Waals surface area contributed by atoms with Gasteiger partial charge in [-0.15, -0.1) is 0 Å². The summed E-state index contributed by atoms with van der Waals surface area (Å²) in [4.78, 5) is 23.7. The van der Waals surface area contributed by atoms with Gasteiger partial charge in [-0.2, -0.15) is 0 Å². The van der Waals surface area contributed by atoms with Crippen molar-refractivity contribution in [2.75, 3.05) is 18.5 Å². The normalized spacial score (nSPS) is 10.3. The van der Waals surface area contributed by atoms with E-state index in [4.69, 9.17) is 9.47 Å². The van der Waals surface area contributed by atoms with Crippen LogP contribution in [0.15, 0.2) is 66.7 Å². The lowest BCUT2D eigenvalue weighted by Gasteiger charge is -2.09. The van der Waals surface area contributed by atoms with Gasteiger partial charge in [-0.25, -0.2) is 4.79 Å². The lowest BCUT2D eigenvalue weighted by atomic mass is 10.1. The van der Waals surface area contributed by atoms with E-state index in [1.807, 2.05) is 54.6 Å². The highest BCUT2D eigenvalue weighted by Crippen LogP contribution is 2.22. The van der Waals surface area contributed by atoms with Gasteiger partial charge in [0.25, 0.3) is 5.91 Å². The van der Waals surface area contributed by atoms with E-state index < -0.39 is 5.97 Å². The summed E-state index contributed by atoms with van der Waals surface area (Å²) in [5.74, 6) is 0.00769. The standard InChI is InChI=1S/C21H19NO4/c1-2-25-20(23)14-26-19-11-10-15-12-17(9-8-16(15)13-19)21(24)22-18-6-4-3-5-7-18/h3-13H,2,14H2,1H3,(H,22,24). The van der Waals surface area contributed by atoms with Crippen LogP contribution in [0.1, 0.15) is 17.3 Å². The molecular formula is C21H19NO4. The molecule has 0 heterocycles. The van der Waals surface area contributed by atoms with Crippen LogP contribution in [-0.2, 0) is 9.53 Å². The van der Waals surface area contributed by atoms with Crippen LogP contribution in [0.5, 0.6) is 5.75 Å². The van der Waals surface area contributed by atoms with E-state index >= 15 is 0 Å². The van der Waals surface area contributed by atoms with Crippen LogP contribution in [0.3, 0.4) is 0 Å². The predicted octanol–water partition coefficient (Wildman–Crippen LogP) is 4.03. The van der Waals surface area contributed by atoms with Gasteiger partial charge in [-0.1, -0.05) is 30.3 Å². The van der Waals surface area contributed by atoms with Crippen molar-refractivity contribution in [3.8, 4) is 5.75 Å². The van der Waals surface area contributed by atoms with Gasteiger partial charge in [0.1, 0.15) is 5.75 Å². The van der Waals surface area contributed by atoms with Crippen LogP contribution in [-0.4, -0.2) is 25.1 Å². The highest BCUT2D eigenvalue weighted by molar-refractivity contribution is 6.06. The van der Waals surface area contributed by atoms with Crippen LogP contribution in [0, 0.1) is 0 Å². The SMILES string of the molecule is CCOC(=O)COc1ccc2cc(C(=O)Nc3ccccc3)ccc2c1. The van der Waals surface area contributed by atoms with E-state index in [-0.39, 0.29) is 12.5 Å². The van der Waals surface area contributed by atoms with Crippen LogP contribution in [0.25, 0.3) is 10.8 Å². The monoisotopic (exact) mass is 349 g/mol. The zero-order valence-corrected chi connectivity index (χ0v) is 14.4. The summed E-state index contributed by atoms with van der Waals surface area (Å²) in [6.45, 7) is 1.95. The summed E-state index contributed by atoms with van der Waals surface area (Å²) in [5.41, 5.74) is 1.32. The third-order valence-corrected chi connectivity index (χ3v) is 3.77. The van der Waals surface area contributed by atoms with Gasteiger partial charge >= 0.3 is 5.97 Å². The Hall–Kier alpha value is -3.34. The number of hydrogen-bond donors (Lipinski definition) is 1. The molecule has 0 fully saturated rings. The number of esters is 1. The predicted molar refractivity (Wildman–Crippen MR) is 100 cm³/mol. The second kappa shape index (κ2) is 8.16. The molecule has 0 bridgehead atoms. The number of fused-ring (bicyclic) bond motifs is 1. The van der Waals surface area contributed by atoms with Gasteiger partial charge in [0.2, 0.25) is 0 Å². The molecule has 1 N–H and O–H groups in total. The van der Waals surface area contributed by atoms with Crippen molar-refractivity contribution in [3.05, 3.63) is 72.3 Å². The topological polar surface area (TPSA) is 64.6 Å². The average Bonchev–Trinajstić information content (AvgIpc) is 2.67. The van der Waals surface area contributed by atoms with Crippen molar-refractivity contribution >= 4 is 28.3 Å². The molecule has 0 aliphatic rings. The summed E-state index contributed by atoms with van der Waals surface area (Å²) in [7, 11) is 0. The molecule has 0 aromatic heterocycles. The first-order valence-corrected chi connectivity index (χ1v) is 8.34. The number of anilines is 1. The molecule has 132 valence electrons. The number of amides is 1. The van der Waals surface area contributed by atoms with E-state index in [0.29, 0.717) is 17.9 Å². The van der Waals surface area contributed by atoms with Gasteiger partial charge in [-0.05, 0) is 54.1 Å². The van der Waals surface area contributed by atoms with E-state index in [1.54, 1.807) is 19.1 Å². The van der Waals surface area contributed by atoms with E-state index in [9.17, 15) is 9.59 Å². The summed E-state index contributed by atoms with van der Waals surface area (Å²) < 4.78 is 10.3. The third-order valence-electron chi connectivity index (χ3n) is 3.77. The summed E-state index contributed by atoms with van der Waals surface area (Å²) >= 11 is 0. The molecule has 0 saturated heterocycles. The summed E-state index contributed by atoms with van der Waals surface area (Å²) in [6, 6.07) is 20.2. The van der Waals surface area contributed by atoms with E-state index in [2.05, 4.69) is 5.32 Å². The molecule has 3 rings (SSSR count). The maximum absolute atomic E-state index is 12.4. The first-order chi connectivity index (χ1) is 12.7. The van der Waals surface area contributed by atoms with Crippen LogP contribution < -0.4 is 10.1 Å². The number of para-hydroxylation sites is 1. The maximum atomic E-state index is 12.4. The largest absolute Gasteiger partial charge is 0.482 e. The lowest BCUT2D eigenvalue weighted by molar-refractivity contribution is -0.145. The molecule has 0 aliphatic carbocycles. The summed E-state index contributed by atoms with van der Waals surface area (Å²) in [5, 5.41) is 4.69. The number of benzene rings is 3. The van der Waals surface area contributed by atoms with Crippen molar-refractivity contribution in [3.63, 3.8) is 0 Å². The Morgan fingerprint density at radius 2 is 1.65 bits per heavy atom. The first-order valence-electron chi connectivity index (χ1n) is 8.34. The third kappa shape index (κ3) is 4.39. The van der Waals surface area contributed by atoms with Gasteiger partial charge in [0.15, 0.2) is 6.61 Å². The van der Waals surface area contributed by atoms with E-state index in [0.717, 1.165) is 16.5 Å². The van der Waals surface area contributed by atoms with Crippen LogP contribution in [0.4, 0.5) is 5.69 Å². The number of carbonyl (C=O) groups excluding carboxylic acids is 2. The van der Waals surface area contributed by atoms with Crippen molar-refractivity contribution in [1.82, 2.24) is 0 Å². The minimum atomic E-state index is -0.402. The Labute approximate surface area is 151 Å². The van der Waals surface area contributed by atoms with Gasteiger partial charge < -0.3 is 14.8 Å². The fourth-order valence-electron chi connectivity index (χ4n) is 2.52. The highest BCUT2D eigenvalue weighted by atomic mass is 16.6. The molecule has 0 saturated carbocycles. The molecule has 26 heavy (non-hydrogen) atoms. The van der Waals surface area contributed by atoms with Crippen molar-refractivity contribution < 1.29 is 19.1 Å². The molecule has 0 unspecified atom stereocenters. The molecular weight excluding hydrogens is 330 g/mol. The number of hydrogen-bond acceptors (Lipinski definition) is 4. The fraction of sp³-hybridized carbons (Fsp3) is 0.143. The van der Waals surface area contributed by atoms with Gasteiger partial charge in [0.05, 0.1) is 6.61 Å². The minimum Gasteiger partial charge on any atom is -0.482 e. The fourth-order valence-corrected chi connectivity index (χ4v) is 2.52. The molecule has 0 aliphatic heterocycles. The molecule has 0 radical (unpaired) electrons. The number of rotatable bonds is 6. The Kier molecular flexibility index (Phi) is 5.49. The quantitative estimate of drug-likeness (QED) is 0.682. The van der Waals surface area contributed by atoms with Gasteiger partial charge in [-0.3, -0.25) is 4.79 Å². The smallest absolute Gasteiger partial charge is 0.344 e. The van der Waals surface area contributed by atoms with Crippen LogP contribution in [0.2, 0.25) is 0 Å². The number of carbonyl (C=O) groups is 2. The van der Waals surface area contributed by atoms with Crippen LogP contribution >= 0.6 is 0 Å². The molecule has 0 atom stereocenters. The minimum absolute atomic E-state index is 0.128. The summed E-state index contributed by atoms with van der Waals surface area (Å²) in [6.07, 6.45) is 0. The van der Waals surface area contributed by atoms with Gasteiger partial charge in [0, 0.05) is 11.3 Å². The molecule has 5 nitrogen and oxygen atoms in total. The van der Waals surface area contributed by atoms with Crippen molar-refractivity contribution in [2.45, 2.75) is 6.92 Å². The molecule has 0 spiro atoms. The van der Waals surface area contributed by atoms with E-state index in [1.165, 1.54) is 0 Å². The highest BCUT2D eigenvalue weighted by Gasteiger charge is 2.08. The molecule has 1 amide bonds. The number of ether oxygens (including phenoxy) is 2. The lowest BCUT2D eigenvalue weighted by Crippen LogP contribution is -2.14. The second-order valence-electron chi connectivity index (χ2n) is 5.64. The average molecular weight is 349 g/mol. The number of nitrogens with one attached hydrogen (secondary N) is 1. The molecule has 3 aromatic rings. The molecule has 5 heteroatoms.